The van der Waals surface area contributed by atoms with Gasteiger partial charge in [0.1, 0.15) is 11.6 Å². The molecule has 20 heavy (non-hydrogen) atoms. The molecule has 0 saturated heterocycles. The third kappa shape index (κ3) is 2.25. The van der Waals surface area contributed by atoms with Gasteiger partial charge in [0, 0.05) is 29.0 Å². The predicted molar refractivity (Wildman–Crippen MR) is 75.8 cm³/mol. The van der Waals surface area contributed by atoms with E-state index in [1.54, 1.807) is 30.5 Å². The molecule has 0 bridgehead atoms. The van der Waals surface area contributed by atoms with Crippen molar-refractivity contribution in [2.24, 2.45) is 0 Å². The van der Waals surface area contributed by atoms with Crippen LogP contribution in [-0.4, -0.2) is 4.98 Å². The van der Waals surface area contributed by atoms with E-state index in [9.17, 15) is 8.78 Å². The third-order valence-corrected chi connectivity index (χ3v) is 2.97. The standard InChI is InChI=1S/C15H11F2N3/c16-9-1-4-14(12(17)7-9)20-13-5-6-19-15-8-10(18)2-3-11(13)15/h1-8H,18H2,(H,19,20). The number of nitrogens with two attached hydrogens (primary N) is 1. The van der Waals surface area contributed by atoms with Crippen molar-refractivity contribution in [1.29, 1.82) is 0 Å². The fraction of sp³-hybridized carbons (Fsp3) is 0. The zero-order chi connectivity index (χ0) is 14.1. The van der Waals surface area contributed by atoms with E-state index in [4.69, 9.17) is 5.73 Å². The molecule has 1 heterocycles. The van der Waals surface area contributed by atoms with Crippen LogP contribution in [0.5, 0.6) is 0 Å². The number of nitrogen functional groups attached to an aromatic ring is 1. The smallest absolute Gasteiger partial charge is 0.149 e. The number of anilines is 3. The highest BCUT2D eigenvalue weighted by Crippen LogP contribution is 2.27. The summed E-state index contributed by atoms with van der Waals surface area (Å²) in [5.74, 6) is -1.26. The van der Waals surface area contributed by atoms with Gasteiger partial charge in [0.05, 0.1) is 11.2 Å². The molecule has 0 aliphatic heterocycles. The van der Waals surface area contributed by atoms with E-state index in [1.165, 1.54) is 12.1 Å². The van der Waals surface area contributed by atoms with Crippen molar-refractivity contribution in [2.45, 2.75) is 0 Å². The van der Waals surface area contributed by atoms with Crippen LogP contribution in [0.4, 0.5) is 25.8 Å². The van der Waals surface area contributed by atoms with Crippen molar-refractivity contribution in [2.75, 3.05) is 11.1 Å². The normalized spacial score (nSPS) is 10.7. The first-order valence-electron chi connectivity index (χ1n) is 6.00. The topological polar surface area (TPSA) is 50.9 Å². The second-order valence-corrected chi connectivity index (χ2v) is 4.38. The molecule has 1 aromatic heterocycles. The summed E-state index contributed by atoms with van der Waals surface area (Å²) in [5.41, 5.74) is 7.90. The summed E-state index contributed by atoms with van der Waals surface area (Å²) in [4.78, 5) is 4.21. The molecule has 0 aliphatic rings. The molecule has 0 unspecified atom stereocenters. The van der Waals surface area contributed by atoms with Crippen molar-refractivity contribution in [3.63, 3.8) is 0 Å². The molecule has 0 spiro atoms. The fourth-order valence-corrected chi connectivity index (χ4v) is 2.01. The van der Waals surface area contributed by atoms with E-state index in [2.05, 4.69) is 10.3 Å². The van der Waals surface area contributed by atoms with Crippen LogP contribution in [0.25, 0.3) is 10.9 Å². The number of hydrogen-bond donors (Lipinski definition) is 2. The maximum atomic E-state index is 13.7. The molecular weight excluding hydrogens is 260 g/mol. The lowest BCUT2D eigenvalue weighted by Crippen LogP contribution is -1.96. The molecule has 0 atom stereocenters. The van der Waals surface area contributed by atoms with Gasteiger partial charge in [-0.15, -0.1) is 0 Å². The molecule has 0 radical (unpaired) electrons. The Kier molecular flexibility index (Phi) is 2.95. The van der Waals surface area contributed by atoms with Gasteiger partial charge in [-0.25, -0.2) is 8.78 Å². The van der Waals surface area contributed by atoms with E-state index in [0.717, 1.165) is 11.5 Å². The number of nitrogens with zero attached hydrogens (tertiary/aromatic N) is 1. The monoisotopic (exact) mass is 271 g/mol. The van der Waals surface area contributed by atoms with Crippen LogP contribution in [0.3, 0.4) is 0 Å². The average Bonchev–Trinajstić information content (AvgIpc) is 2.41. The van der Waals surface area contributed by atoms with Gasteiger partial charge in [-0.05, 0) is 36.4 Å². The van der Waals surface area contributed by atoms with Gasteiger partial charge in [0.25, 0.3) is 0 Å². The number of aromatic nitrogens is 1. The van der Waals surface area contributed by atoms with Crippen LogP contribution in [0, 0.1) is 11.6 Å². The van der Waals surface area contributed by atoms with E-state index in [0.29, 0.717) is 16.9 Å². The Labute approximate surface area is 114 Å². The lowest BCUT2D eigenvalue weighted by molar-refractivity contribution is 0.586. The number of hydrogen-bond acceptors (Lipinski definition) is 3. The lowest BCUT2D eigenvalue weighted by Gasteiger charge is -2.10. The molecular formula is C15H11F2N3. The number of rotatable bonds is 2. The molecule has 3 N–H and O–H groups in total. The first kappa shape index (κ1) is 12.3. The Morgan fingerprint density at radius 2 is 1.80 bits per heavy atom. The van der Waals surface area contributed by atoms with Gasteiger partial charge in [-0.2, -0.15) is 0 Å². The van der Waals surface area contributed by atoms with Gasteiger partial charge in [0.15, 0.2) is 0 Å². The number of pyridine rings is 1. The van der Waals surface area contributed by atoms with Crippen molar-refractivity contribution in [3.05, 3.63) is 60.3 Å². The molecule has 2 aromatic carbocycles. The minimum absolute atomic E-state index is 0.204. The number of nitrogens with one attached hydrogen (secondary N) is 1. The predicted octanol–water partition coefficient (Wildman–Crippen LogP) is 3.84. The van der Waals surface area contributed by atoms with E-state index in [-0.39, 0.29) is 5.69 Å². The number of fused-ring (bicyclic) bond motifs is 1. The summed E-state index contributed by atoms with van der Waals surface area (Å²) in [5, 5.41) is 3.75. The molecule has 0 fully saturated rings. The number of benzene rings is 2. The SMILES string of the molecule is Nc1ccc2c(Nc3ccc(F)cc3F)ccnc2c1. The Morgan fingerprint density at radius 1 is 0.950 bits per heavy atom. The van der Waals surface area contributed by atoms with Gasteiger partial charge in [-0.3, -0.25) is 4.98 Å². The van der Waals surface area contributed by atoms with Gasteiger partial charge < -0.3 is 11.1 Å². The summed E-state index contributed by atoms with van der Waals surface area (Å²) >= 11 is 0. The number of halogens is 2. The molecule has 3 nitrogen and oxygen atoms in total. The Morgan fingerprint density at radius 3 is 2.60 bits per heavy atom. The van der Waals surface area contributed by atoms with Gasteiger partial charge in [0.2, 0.25) is 0 Å². The maximum absolute atomic E-state index is 13.7. The van der Waals surface area contributed by atoms with E-state index >= 15 is 0 Å². The van der Waals surface area contributed by atoms with Crippen LogP contribution in [0.2, 0.25) is 0 Å². The molecule has 5 heteroatoms. The zero-order valence-electron chi connectivity index (χ0n) is 10.4. The van der Waals surface area contributed by atoms with Crippen molar-refractivity contribution >= 4 is 28.0 Å². The van der Waals surface area contributed by atoms with Gasteiger partial charge in [-0.1, -0.05) is 0 Å². The minimum Gasteiger partial charge on any atom is -0.399 e. The average molecular weight is 271 g/mol. The quantitative estimate of drug-likeness (QED) is 0.696. The second-order valence-electron chi connectivity index (χ2n) is 4.38. The summed E-state index contributed by atoms with van der Waals surface area (Å²) in [7, 11) is 0. The lowest BCUT2D eigenvalue weighted by atomic mass is 10.1. The van der Waals surface area contributed by atoms with Crippen LogP contribution >= 0.6 is 0 Å². The molecule has 0 amide bonds. The highest BCUT2D eigenvalue weighted by atomic mass is 19.1. The Balaban J connectivity index is 2.06. The maximum Gasteiger partial charge on any atom is 0.149 e. The van der Waals surface area contributed by atoms with Crippen LogP contribution in [0.15, 0.2) is 48.7 Å². The van der Waals surface area contributed by atoms with Crippen LogP contribution in [-0.2, 0) is 0 Å². The summed E-state index contributed by atoms with van der Waals surface area (Å²) in [6.45, 7) is 0. The van der Waals surface area contributed by atoms with Gasteiger partial charge >= 0.3 is 0 Å². The van der Waals surface area contributed by atoms with Crippen LogP contribution < -0.4 is 11.1 Å². The molecule has 100 valence electrons. The highest BCUT2D eigenvalue weighted by molar-refractivity contribution is 5.94. The third-order valence-electron chi connectivity index (χ3n) is 2.97. The Bertz CT molecular complexity index is 787. The van der Waals surface area contributed by atoms with Crippen LogP contribution in [0.1, 0.15) is 0 Å². The zero-order valence-corrected chi connectivity index (χ0v) is 10.4. The minimum atomic E-state index is -0.648. The Hall–Kier alpha value is -2.69. The van der Waals surface area contributed by atoms with E-state index in [1.807, 2.05) is 0 Å². The largest absolute Gasteiger partial charge is 0.399 e. The summed E-state index contributed by atoms with van der Waals surface area (Å²) < 4.78 is 26.6. The summed E-state index contributed by atoms with van der Waals surface area (Å²) in [6.07, 6.45) is 1.60. The molecule has 3 aromatic rings. The fourth-order valence-electron chi connectivity index (χ4n) is 2.01. The highest BCUT2D eigenvalue weighted by Gasteiger charge is 2.07. The van der Waals surface area contributed by atoms with E-state index < -0.39 is 11.6 Å². The summed E-state index contributed by atoms with van der Waals surface area (Å²) in [6, 6.07) is 10.4. The first-order valence-corrected chi connectivity index (χ1v) is 6.00. The second kappa shape index (κ2) is 4.77. The molecule has 3 rings (SSSR count). The molecule has 0 aliphatic carbocycles. The molecule has 0 saturated carbocycles. The van der Waals surface area contributed by atoms with Crippen molar-refractivity contribution < 1.29 is 8.78 Å². The van der Waals surface area contributed by atoms with Crippen molar-refractivity contribution in [1.82, 2.24) is 4.98 Å². The first-order chi connectivity index (χ1) is 9.63. The van der Waals surface area contributed by atoms with Crippen molar-refractivity contribution in [3.8, 4) is 0 Å².